The van der Waals surface area contributed by atoms with Crippen molar-refractivity contribution in [2.75, 3.05) is 26.8 Å². The Morgan fingerprint density at radius 2 is 2.38 bits per heavy atom. The first-order valence-electron chi connectivity index (χ1n) is 5.71. The van der Waals surface area contributed by atoms with E-state index in [1.54, 1.807) is 13.4 Å². The van der Waals surface area contributed by atoms with Crippen LogP contribution in [0.25, 0.3) is 6.08 Å². The second-order valence-electron chi connectivity index (χ2n) is 3.79. The zero-order chi connectivity index (χ0) is 11.8. The molecule has 0 aliphatic carbocycles. The fraction of sp³-hybridized carbons (Fsp3) is 0.538. The molecule has 0 amide bonds. The van der Waals surface area contributed by atoms with Crippen LogP contribution in [0, 0.1) is 6.92 Å². The molecule has 0 fully saturated rings. The highest BCUT2D eigenvalue weighted by Crippen LogP contribution is 2.14. The maximum atomic E-state index is 5.40. The lowest BCUT2D eigenvalue weighted by Crippen LogP contribution is -2.21. The first kappa shape index (κ1) is 13.0. The second-order valence-corrected chi connectivity index (χ2v) is 3.79. The van der Waals surface area contributed by atoms with Crippen molar-refractivity contribution >= 4 is 6.08 Å². The summed E-state index contributed by atoms with van der Waals surface area (Å²) in [6, 6.07) is 1.98. The lowest BCUT2D eigenvalue weighted by atomic mass is 10.1. The highest BCUT2D eigenvalue weighted by Gasteiger charge is 2.00. The van der Waals surface area contributed by atoms with Crippen molar-refractivity contribution in [1.82, 2.24) is 5.32 Å². The Hall–Kier alpha value is -1.06. The van der Waals surface area contributed by atoms with E-state index in [-0.39, 0.29) is 0 Å². The van der Waals surface area contributed by atoms with E-state index in [0.717, 1.165) is 31.9 Å². The average molecular weight is 223 g/mol. The number of nitrogens with one attached hydrogen (secondary N) is 1. The molecule has 90 valence electrons. The second kappa shape index (κ2) is 7.25. The number of aryl methyl sites for hydroxylation is 1. The van der Waals surface area contributed by atoms with Gasteiger partial charge in [-0.05, 0) is 31.1 Å². The van der Waals surface area contributed by atoms with E-state index in [2.05, 4.69) is 25.2 Å². The van der Waals surface area contributed by atoms with Gasteiger partial charge in [0.05, 0.1) is 12.9 Å². The molecule has 1 aromatic heterocycles. The summed E-state index contributed by atoms with van der Waals surface area (Å²) in [5.74, 6) is 0.963. The topological polar surface area (TPSA) is 34.4 Å². The van der Waals surface area contributed by atoms with Gasteiger partial charge in [0.25, 0.3) is 0 Å². The van der Waals surface area contributed by atoms with E-state index in [1.807, 2.05) is 6.07 Å². The van der Waals surface area contributed by atoms with Crippen molar-refractivity contribution in [3.8, 4) is 0 Å². The summed E-state index contributed by atoms with van der Waals surface area (Å²) in [5, 5.41) is 3.33. The summed E-state index contributed by atoms with van der Waals surface area (Å²) in [6.07, 6.45) is 4.88. The summed E-state index contributed by atoms with van der Waals surface area (Å²) in [6.45, 7) is 6.73. The molecule has 0 spiro atoms. The maximum Gasteiger partial charge on any atom is 0.129 e. The van der Waals surface area contributed by atoms with Crippen molar-refractivity contribution in [2.24, 2.45) is 0 Å². The molecule has 0 unspecified atom stereocenters. The van der Waals surface area contributed by atoms with Gasteiger partial charge in [-0.1, -0.05) is 12.5 Å². The van der Waals surface area contributed by atoms with Gasteiger partial charge in [-0.2, -0.15) is 0 Å². The zero-order valence-electron chi connectivity index (χ0n) is 10.4. The number of hydrogen-bond donors (Lipinski definition) is 1. The van der Waals surface area contributed by atoms with Gasteiger partial charge in [-0.15, -0.1) is 0 Å². The average Bonchev–Trinajstić information content (AvgIpc) is 2.68. The summed E-state index contributed by atoms with van der Waals surface area (Å²) >= 11 is 0. The Labute approximate surface area is 97.5 Å². The number of hydrogen-bond acceptors (Lipinski definition) is 3. The molecular formula is C13H21NO2. The molecule has 0 saturated heterocycles. The van der Waals surface area contributed by atoms with E-state index in [1.165, 1.54) is 11.1 Å². The quantitative estimate of drug-likeness (QED) is 0.721. The van der Waals surface area contributed by atoms with E-state index in [0.29, 0.717) is 0 Å². The number of methoxy groups -OCH3 is 1. The highest BCUT2D eigenvalue weighted by molar-refractivity contribution is 5.51. The van der Waals surface area contributed by atoms with Crippen LogP contribution in [0.4, 0.5) is 0 Å². The summed E-state index contributed by atoms with van der Waals surface area (Å²) < 4.78 is 10.4. The lowest BCUT2D eigenvalue weighted by molar-refractivity contribution is 0.200. The molecular weight excluding hydrogens is 202 g/mol. The van der Waals surface area contributed by atoms with Gasteiger partial charge >= 0.3 is 0 Å². The van der Waals surface area contributed by atoms with Crippen molar-refractivity contribution in [1.29, 1.82) is 0 Å². The maximum absolute atomic E-state index is 5.40. The van der Waals surface area contributed by atoms with Crippen LogP contribution in [-0.2, 0) is 4.74 Å². The van der Waals surface area contributed by atoms with Gasteiger partial charge < -0.3 is 14.5 Å². The van der Waals surface area contributed by atoms with Gasteiger partial charge in [0.15, 0.2) is 0 Å². The molecule has 0 saturated carbocycles. The van der Waals surface area contributed by atoms with Gasteiger partial charge in [0, 0.05) is 20.2 Å². The van der Waals surface area contributed by atoms with Gasteiger partial charge in [-0.25, -0.2) is 0 Å². The Morgan fingerprint density at radius 3 is 2.94 bits per heavy atom. The predicted molar refractivity (Wildman–Crippen MR) is 66.5 cm³/mol. The summed E-state index contributed by atoms with van der Waals surface area (Å²) in [7, 11) is 1.71. The molecule has 0 aromatic carbocycles. The lowest BCUT2D eigenvalue weighted by Gasteiger charge is -2.06. The minimum atomic E-state index is 0.747. The number of furan rings is 1. The van der Waals surface area contributed by atoms with Gasteiger partial charge in [0.1, 0.15) is 5.76 Å². The molecule has 0 aliphatic heterocycles. The molecule has 0 aliphatic rings. The molecule has 0 radical (unpaired) electrons. The molecule has 3 heteroatoms. The predicted octanol–water partition coefficient (Wildman–Crippen LogP) is 2.62. The SMILES string of the molecule is CC/C(=C/c1occc1C)CNCCOC. The normalized spacial score (nSPS) is 12.1. The van der Waals surface area contributed by atoms with Crippen LogP contribution in [0.1, 0.15) is 24.7 Å². The van der Waals surface area contributed by atoms with E-state index in [9.17, 15) is 0 Å². The van der Waals surface area contributed by atoms with E-state index in [4.69, 9.17) is 9.15 Å². The third-order valence-corrected chi connectivity index (χ3v) is 2.53. The fourth-order valence-electron chi connectivity index (χ4n) is 1.42. The molecule has 0 atom stereocenters. The molecule has 1 heterocycles. The highest BCUT2D eigenvalue weighted by atomic mass is 16.5. The Kier molecular flexibility index (Phi) is 5.90. The third kappa shape index (κ3) is 4.21. The van der Waals surface area contributed by atoms with Crippen molar-refractivity contribution in [3.05, 3.63) is 29.2 Å². The van der Waals surface area contributed by atoms with Crippen LogP contribution >= 0.6 is 0 Å². The van der Waals surface area contributed by atoms with Crippen LogP contribution in [0.2, 0.25) is 0 Å². The molecule has 3 nitrogen and oxygen atoms in total. The van der Waals surface area contributed by atoms with E-state index < -0.39 is 0 Å². The monoisotopic (exact) mass is 223 g/mol. The van der Waals surface area contributed by atoms with Crippen LogP contribution in [0.3, 0.4) is 0 Å². The Morgan fingerprint density at radius 1 is 1.56 bits per heavy atom. The fourth-order valence-corrected chi connectivity index (χ4v) is 1.42. The Balaban J connectivity index is 2.47. The van der Waals surface area contributed by atoms with Gasteiger partial charge in [0.2, 0.25) is 0 Å². The largest absolute Gasteiger partial charge is 0.465 e. The van der Waals surface area contributed by atoms with Crippen LogP contribution in [0.5, 0.6) is 0 Å². The smallest absolute Gasteiger partial charge is 0.129 e. The minimum Gasteiger partial charge on any atom is -0.465 e. The van der Waals surface area contributed by atoms with Crippen LogP contribution in [-0.4, -0.2) is 26.8 Å². The van der Waals surface area contributed by atoms with Crippen molar-refractivity contribution in [3.63, 3.8) is 0 Å². The third-order valence-electron chi connectivity index (χ3n) is 2.53. The number of ether oxygens (including phenoxy) is 1. The first-order chi connectivity index (χ1) is 7.77. The number of rotatable bonds is 7. The van der Waals surface area contributed by atoms with Crippen LogP contribution < -0.4 is 5.32 Å². The Bertz CT molecular complexity index is 328. The van der Waals surface area contributed by atoms with Crippen LogP contribution in [0.15, 0.2) is 22.3 Å². The first-order valence-corrected chi connectivity index (χ1v) is 5.71. The van der Waals surface area contributed by atoms with Gasteiger partial charge in [-0.3, -0.25) is 0 Å². The molecule has 1 aromatic rings. The zero-order valence-corrected chi connectivity index (χ0v) is 10.4. The molecule has 1 N–H and O–H groups in total. The van der Waals surface area contributed by atoms with E-state index >= 15 is 0 Å². The summed E-state index contributed by atoms with van der Waals surface area (Å²) in [4.78, 5) is 0. The van der Waals surface area contributed by atoms with Crippen molar-refractivity contribution in [2.45, 2.75) is 20.3 Å². The molecule has 1 rings (SSSR count). The standard InChI is InChI=1S/C13H21NO2/c1-4-12(10-14-6-8-15-3)9-13-11(2)5-7-16-13/h5,7,9,14H,4,6,8,10H2,1-3H3/b12-9-. The molecule has 16 heavy (non-hydrogen) atoms. The van der Waals surface area contributed by atoms with Crippen molar-refractivity contribution < 1.29 is 9.15 Å². The molecule has 0 bridgehead atoms. The minimum absolute atomic E-state index is 0.747. The summed E-state index contributed by atoms with van der Waals surface area (Å²) in [5.41, 5.74) is 2.52.